The number of rotatable bonds is 3. The second kappa shape index (κ2) is 4.20. The largest absolute Gasteiger partial charge is 0.375 e. The van der Waals surface area contributed by atoms with Crippen molar-refractivity contribution in [2.24, 2.45) is 0 Å². The van der Waals surface area contributed by atoms with Crippen LogP contribution in [0, 0.1) is 5.82 Å². The highest BCUT2D eigenvalue weighted by Crippen LogP contribution is 2.28. The van der Waals surface area contributed by atoms with Gasteiger partial charge >= 0.3 is 0 Å². The molecule has 0 spiro atoms. The van der Waals surface area contributed by atoms with E-state index in [0.29, 0.717) is 12.0 Å². The Balaban J connectivity index is 2.23. The minimum atomic E-state index is -0.231. The third-order valence-electron chi connectivity index (χ3n) is 2.89. The summed E-state index contributed by atoms with van der Waals surface area (Å²) in [4.78, 5) is 0. The molecule has 0 aromatic heterocycles. The van der Waals surface area contributed by atoms with Gasteiger partial charge in [-0.25, -0.2) is 4.39 Å². The molecule has 1 aromatic carbocycles. The molecule has 0 radical (unpaired) electrons. The lowest BCUT2D eigenvalue weighted by Gasteiger charge is -2.41. The van der Waals surface area contributed by atoms with E-state index >= 15 is 0 Å². The molecule has 1 fully saturated rings. The molecule has 1 aromatic rings. The maximum Gasteiger partial charge on any atom is 0.127 e. The average Bonchev–Trinajstić information content (AvgIpc) is 2.15. The SMILES string of the molecule is COC1(Cc2c(F)cccc2Br)CNC1. The van der Waals surface area contributed by atoms with E-state index < -0.39 is 0 Å². The van der Waals surface area contributed by atoms with Crippen LogP contribution in [0.3, 0.4) is 0 Å². The summed E-state index contributed by atoms with van der Waals surface area (Å²) in [6, 6.07) is 5.03. The van der Waals surface area contributed by atoms with Crippen molar-refractivity contribution < 1.29 is 9.13 Å². The van der Waals surface area contributed by atoms with Crippen LogP contribution in [0.4, 0.5) is 4.39 Å². The summed E-state index contributed by atoms with van der Waals surface area (Å²) in [5.74, 6) is -0.173. The molecular formula is C11H13BrFNO. The van der Waals surface area contributed by atoms with E-state index in [1.165, 1.54) is 6.07 Å². The number of methoxy groups -OCH3 is 1. The third kappa shape index (κ3) is 2.07. The summed E-state index contributed by atoms with van der Waals surface area (Å²) in [6.07, 6.45) is 0.601. The molecule has 0 saturated carbocycles. The van der Waals surface area contributed by atoms with Gasteiger partial charge in [-0.2, -0.15) is 0 Å². The highest BCUT2D eigenvalue weighted by molar-refractivity contribution is 9.10. The predicted molar refractivity (Wildman–Crippen MR) is 60.4 cm³/mol. The van der Waals surface area contributed by atoms with E-state index in [1.54, 1.807) is 13.2 Å². The van der Waals surface area contributed by atoms with Crippen LogP contribution in [-0.4, -0.2) is 25.8 Å². The van der Waals surface area contributed by atoms with Gasteiger partial charge in [0.2, 0.25) is 0 Å². The molecule has 82 valence electrons. The Labute approximate surface area is 96.9 Å². The van der Waals surface area contributed by atoms with Gasteiger partial charge < -0.3 is 10.1 Å². The first-order valence-electron chi connectivity index (χ1n) is 4.86. The van der Waals surface area contributed by atoms with Crippen LogP contribution in [0.1, 0.15) is 5.56 Å². The molecule has 2 nitrogen and oxygen atoms in total. The maximum atomic E-state index is 13.6. The van der Waals surface area contributed by atoms with Gasteiger partial charge in [0.25, 0.3) is 0 Å². The number of hydrogen-bond donors (Lipinski definition) is 1. The molecule has 0 amide bonds. The van der Waals surface area contributed by atoms with Crippen molar-refractivity contribution in [1.29, 1.82) is 0 Å². The molecule has 2 rings (SSSR count). The van der Waals surface area contributed by atoms with Gasteiger partial charge in [0.1, 0.15) is 5.82 Å². The molecule has 1 saturated heterocycles. The van der Waals surface area contributed by atoms with Gasteiger partial charge in [0.05, 0.1) is 5.60 Å². The van der Waals surface area contributed by atoms with Crippen molar-refractivity contribution in [3.05, 3.63) is 34.1 Å². The van der Waals surface area contributed by atoms with E-state index in [0.717, 1.165) is 17.6 Å². The van der Waals surface area contributed by atoms with Crippen molar-refractivity contribution >= 4 is 15.9 Å². The van der Waals surface area contributed by atoms with Crippen molar-refractivity contribution in [2.45, 2.75) is 12.0 Å². The van der Waals surface area contributed by atoms with E-state index in [2.05, 4.69) is 21.2 Å². The Kier molecular flexibility index (Phi) is 3.09. The van der Waals surface area contributed by atoms with Gasteiger partial charge in [-0.3, -0.25) is 0 Å². The van der Waals surface area contributed by atoms with Crippen LogP contribution in [-0.2, 0) is 11.2 Å². The van der Waals surface area contributed by atoms with E-state index in [4.69, 9.17) is 4.74 Å². The molecular weight excluding hydrogens is 261 g/mol. The van der Waals surface area contributed by atoms with Crippen molar-refractivity contribution in [2.75, 3.05) is 20.2 Å². The summed E-state index contributed by atoms with van der Waals surface area (Å²) in [5.41, 5.74) is 0.464. The summed E-state index contributed by atoms with van der Waals surface area (Å²) in [5, 5.41) is 3.15. The predicted octanol–water partition coefficient (Wildman–Crippen LogP) is 2.12. The molecule has 1 N–H and O–H groups in total. The molecule has 4 heteroatoms. The third-order valence-corrected chi connectivity index (χ3v) is 3.63. The fraction of sp³-hybridized carbons (Fsp3) is 0.455. The van der Waals surface area contributed by atoms with Crippen LogP contribution in [0.15, 0.2) is 22.7 Å². The molecule has 1 aliphatic heterocycles. The average molecular weight is 274 g/mol. The van der Waals surface area contributed by atoms with E-state index in [-0.39, 0.29) is 11.4 Å². The van der Waals surface area contributed by atoms with Gasteiger partial charge in [0.15, 0.2) is 0 Å². The van der Waals surface area contributed by atoms with Gasteiger partial charge in [-0.1, -0.05) is 22.0 Å². The smallest absolute Gasteiger partial charge is 0.127 e. The topological polar surface area (TPSA) is 21.3 Å². The molecule has 0 unspecified atom stereocenters. The second-order valence-electron chi connectivity index (χ2n) is 3.87. The Morgan fingerprint density at radius 2 is 2.27 bits per heavy atom. The number of halogens is 2. The minimum absolute atomic E-state index is 0.173. The van der Waals surface area contributed by atoms with Crippen molar-refractivity contribution in [3.8, 4) is 0 Å². The summed E-state index contributed by atoms with van der Waals surface area (Å²) in [6.45, 7) is 1.56. The molecule has 0 aliphatic carbocycles. The molecule has 1 aliphatic rings. The molecule has 0 bridgehead atoms. The zero-order valence-electron chi connectivity index (χ0n) is 8.52. The lowest BCUT2D eigenvalue weighted by atomic mass is 9.88. The lowest BCUT2D eigenvalue weighted by Crippen LogP contribution is -2.62. The quantitative estimate of drug-likeness (QED) is 0.911. The van der Waals surface area contributed by atoms with Gasteiger partial charge in [-0.15, -0.1) is 0 Å². The standard InChI is InChI=1S/C11H13BrFNO/c1-15-11(6-14-7-11)5-8-9(12)3-2-4-10(8)13/h2-4,14H,5-7H2,1H3. The highest BCUT2D eigenvalue weighted by Gasteiger charge is 2.38. The number of ether oxygens (including phenoxy) is 1. The number of benzene rings is 1. The molecule has 15 heavy (non-hydrogen) atoms. The van der Waals surface area contributed by atoms with E-state index in [9.17, 15) is 4.39 Å². The van der Waals surface area contributed by atoms with Crippen molar-refractivity contribution in [1.82, 2.24) is 5.32 Å². The summed E-state index contributed by atoms with van der Waals surface area (Å²) >= 11 is 3.37. The van der Waals surface area contributed by atoms with Crippen LogP contribution in [0.25, 0.3) is 0 Å². The fourth-order valence-electron chi connectivity index (χ4n) is 1.77. The maximum absolute atomic E-state index is 13.6. The van der Waals surface area contributed by atoms with Crippen molar-refractivity contribution in [3.63, 3.8) is 0 Å². The Hall–Kier alpha value is -0.450. The van der Waals surface area contributed by atoms with Crippen LogP contribution in [0.2, 0.25) is 0 Å². The molecule has 1 heterocycles. The first-order valence-corrected chi connectivity index (χ1v) is 5.65. The Morgan fingerprint density at radius 1 is 1.53 bits per heavy atom. The van der Waals surface area contributed by atoms with Gasteiger partial charge in [0, 0.05) is 36.7 Å². The summed E-state index contributed by atoms with van der Waals surface area (Å²) < 4.78 is 19.8. The van der Waals surface area contributed by atoms with E-state index in [1.807, 2.05) is 6.07 Å². The van der Waals surface area contributed by atoms with Crippen LogP contribution >= 0.6 is 15.9 Å². The lowest BCUT2D eigenvalue weighted by molar-refractivity contribution is -0.0508. The van der Waals surface area contributed by atoms with Crippen LogP contribution < -0.4 is 5.32 Å². The number of hydrogen-bond acceptors (Lipinski definition) is 2. The van der Waals surface area contributed by atoms with Crippen LogP contribution in [0.5, 0.6) is 0 Å². The first-order chi connectivity index (χ1) is 7.17. The zero-order valence-corrected chi connectivity index (χ0v) is 10.1. The monoisotopic (exact) mass is 273 g/mol. The fourth-order valence-corrected chi connectivity index (χ4v) is 2.25. The Morgan fingerprint density at radius 3 is 2.73 bits per heavy atom. The Bertz CT molecular complexity index is 340. The molecule has 0 atom stereocenters. The number of nitrogens with one attached hydrogen (secondary N) is 1. The second-order valence-corrected chi connectivity index (χ2v) is 4.72. The minimum Gasteiger partial charge on any atom is -0.375 e. The normalized spacial score (nSPS) is 18.6. The first kappa shape index (κ1) is 11.0. The zero-order chi connectivity index (χ0) is 10.9. The summed E-state index contributed by atoms with van der Waals surface area (Å²) in [7, 11) is 1.68. The highest BCUT2D eigenvalue weighted by atomic mass is 79.9. The van der Waals surface area contributed by atoms with Gasteiger partial charge in [-0.05, 0) is 12.1 Å².